The highest BCUT2D eigenvalue weighted by Crippen LogP contribution is 2.21. The number of carbonyl (C=O) groups excluding carboxylic acids is 1. The average Bonchev–Trinajstić information content (AvgIpc) is 2.78. The Labute approximate surface area is 129 Å². The van der Waals surface area contributed by atoms with Crippen LogP contribution in [0.1, 0.15) is 36.7 Å². The van der Waals surface area contributed by atoms with Crippen LogP contribution in [0, 0.1) is 0 Å². The second-order valence-electron chi connectivity index (χ2n) is 5.34. The Morgan fingerprint density at radius 3 is 2.86 bits per heavy atom. The first-order valence-electron chi connectivity index (χ1n) is 6.99. The van der Waals surface area contributed by atoms with Crippen LogP contribution in [0.15, 0.2) is 12.3 Å². The van der Waals surface area contributed by atoms with Gasteiger partial charge in [0.2, 0.25) is 10.0 Å². The van der Waals surface area contributed by atoms with E-state index in [0.717, 1.165) is 6.42 Å². The van der Waals surface area contributed by atoms with Crippen molar-refractivity contribution in [2.75, 3.05) is 13.1 Å². The zero-order chi connectivity index (χ0) is 15.6. The number of likely N-dealkylation sites (tertiary alicyclic amines) is 1. The van der Waals surface area contributed by atoms with Gasteiger partial charge in [0.05, 0.1) is 10.3 Å². The topological polar surface area (TPSA) is 85.4 Å². The molecule has 0 aliphatic carbocycles. The van der Waals surface area contributed by atoms with E-state index in [9.17, 15) is 13.2 Å². The third kappa shape index (κ3) is 3.78. The molecule has 0 radical (unpaired) electrons. The maximum Gasteiger partial charge on any atom is 0.270 e. The summed E-state index contributed by atoms with van der Waals surface area (Å²) in [5.74, 6) is -0.191. The first-order valence-corrected chi connectivity index (χ1v) is 8.98. The highest BCUT2D eigenvalue weighted by atomic mass is 35.5. The number of hydrogen-bond donors (Lipinski definition) is 1. The van der Waals surface area contributed by atoms with Gasteiger partial charge in [-0.3, -0.25) is 4.79 Å². The highest BCUT2D eigenvalue weighted by Gasteiger charge is 2.31. The van der Waals surface area contributed by atoms with Gasteiger partial charge in [-0.2, -0.15) is 0 Å². The van der Waals surface area contributed by atoms with E-state index in [4.69, 9.17) is 16.7 Å². The summed E-state index contributed by atoms with van der Waals surface area (Å²) < 4.78 is 24.8. The zero-order valence-corrected chi connectivity index (χ0v) is 13.5. The van der Waals surface area contributed by atoms with Gasteiger partial charge in [0.25, 0.3) is 5.91 Å². The Hall–Kier alpha value is -1.05. The van der Waals surface area contributed by atoms with Crippen molar-refractivity contribution in [2.45, 2.75) is 38.0 Å². The van der Waals surface area contributed by atoms with Crippen LogP contribution in [0.25, 0.3) is 0 Å². The van der Waals surface area contributed by atoms with Gasteiger partial charge < -0.3 is 9.47 Å². The number of piperidine rings is 1. The van der Waals surface area contributed by atoms with Gasteiger partial charge in [0.1, 0.15) is 5.69 Å². The molecule has 0 saturated carbocycles. The number of amides is 1. The van der Waals surface area contributed by atoms with E-state index < -0.39 is 15.3 Å². The van der Waals surface area contributed by atoms with Crippen molar-refractivity contribution < 1.29 is 13.2 Å². The Morgan fingerprint density at radius 1 is 1.52 bits per heavy atom. The van der Waals surface area contributed by atoms with Crippen molar-refractivity contribution in [1.82, 2.24) is 9.47 Å². The van der Waals surface area contributed by atoms with Crippen LogP contribution >= 0.6 is 11.6 Å². The monoisotopic (exact) mass is 333 g/mol. The molecule has 6 nitrogen and oxygen atoms in total. The quantitative estimate of drug-likeness (QED) is 0.904. The number of aryl methyl sites for hydroxylation is 1. The summed E-state index contributed by atoms with van der Waals surface area (Å²) in [6.07, 6.45) is 3.74. The molecule has 1 aliphatic rings. The fourth-order valence-electron chi connectivity index (χ4n) is 2.63. The molecule has 1 atom stereocenters. The second-order valence-corrected chi connectivity index (χ2v) is 7.62. The zero-order valence-electron chi connectivity index (χ0n) is 12.0. The van der Waals surface area contributed by atoms with E-state index in [1.165, 1.54) is 0 Å². The van der Waals surface area contributed by atoms with Gasteiger partial charge in [-0.25, -0.2) is 13.6 Å². The summed E-state index contributed by atoms with van der Waals surface area (Å²) in [5.41, 5.74) is 0.497. The molecule has 1 fully saturated rings. The van der Waals surface area contributed by atoms with Crippen molar-refractivity contribution in [1.29, 1.82) is 0 Å². The lowest BCUT2D eigenvalue weighted by Crippen LogP contribution is -2.47. The number of aromatic nitrogens is 1. The van der Waals surface area contributed by atoms with Gasteiger partial charge in [0.15, 0.2) is 0 Å². The summed E-state index contributed by atoms with van der Waals surface area (Å²) in [6, 6.07) is 1.63. The summed E-state index contributed by atoms with van der Waals surface area (Å²) in [5, 5.41) is 5.03. The number of sulfonamides is 1. The number of nitrogens with zero attached hydrogens (tertiary/aromatic N) is 2. The lowest BCUT2D eigenvalue weighted by molar-refractivity contribution is 0.0716. The third-order valence-corrected chi connectivity index (χ3v) is 5.20. The van der Waals surface area contributed by atoms with Crippen LogP contribution in [0.2, 0.25) is 5.02 Å². The van der Waals surface area contributed by atoms with Crippen molar-refractivity contribution >= 4 is 27.5 Å². The summed E-state index contributed by atoms with van der Waals surface area (Å²) in [4.78, 5) is 14.1. The molecule has 1 unspecified atom stereocenters. The molecule has 0 aromatic carbocycles. The minimum atomic E-state index is -3.62. The standard InChI is InChI=1S/C13H20ClN3O3S/c1-2-5-16-8-10(14)7-12(16)13(18)17-6-3-4-11(9-17)21(15,19)20/h7-8,11H,2-6,9H2,1H3,(H2,15,19,20). The first-order chi connectivity index (χ1) is 9.82. The van der Waals surface area contributed by atoms with E-state index in [-0.39, 0.29) is 12.5 Å². The summed E-state index contributed by atoms with van der Waals surface area (Å²) >= 11 is 5.98. The molecule has 1 saturated heterocycles. The molecular weight excluding hydrogens is 314 g/mol. The van der Waals surface area contributed by atoms with Gasteiger partial charge in [-0.1, -0.05) is 18.5 Å². The number of carbonyl (C=O) groups is 1. The first kappa shape index (κ1) is 16.3. The van der Waals surface area contributed by atoms with Gasteiger partial charge in [-0.05, 0) is 25.3 Å². The van der Waals surface area contributed by atoms with Gasteiger partial charge >= 0.3 is 0 Å². The minimum Gasteiger partial charge on any atom is -0.342 e. The Bertz CT molecular complexity index is 627. The Kier molecular flexibility index (Phi) is 4.95. The molecule has 8 heteroatoms. The molecule has 2 N–H and O–H groups in total. The Balaban J connectivity index is 2.20. The molecule has 0 spiro atoms. The van der Waals surface area contributed by atoms with Gasteiger partial charge in [-0.15, -0.1) is 0 Å². The van der Waals surface area contributed by atoms with Crippen LogP contribution in [-0.4, -0.2) is 42.1 Å². The van der Waals surface area contributed by atoms with Crippen LogP contribution in [0.4, 0.5) is 0 Å². The molecule has 1 aliphatic heterocycles. The smallest absolute Gasteiger partial charge is 0.270 e. The van der Waals surface area contributed by atoms with Crippen molar-refractivity contribution in [3.63, 3.8) is 0 Å². The fourth-order valence-corrected chi connectivity index (χ4v) is 3.74. The summed E-state index contributed by atoms with van der Waals surface area (Å²) in [6.45, 7) is 3.40. The van der Waals surface area contributed by atoms with Crippen LogP contribution in [0.3, 0.4) is 0 Å². The SMILES string of the molecule is CCCn1cc(Cl)cc1C(=O)N1CCCC(S(N)(=O)=O)C1. The Morgan fingerprint density at radius 2 is 2.24 bits per heavy atom. The largest absolute Gasteiger partial charge is 0.342 e. The summed E-state index contributed by atoms with van der Waals surface area (Å²) in [7, 11) is -3.62. The molecule has 1 aromatic rings. The van der Waals surface area contributed by atoms with Crippen LogP contribution in [0.5, 0.6) is 0 Å². The lowest BCUT2D eigenvalue weighted by atomic mass is 10.1. The molecular formula is C13H20ClN3O3S. The lowest BCUT2D eigenvalue weighted by Gasteiger charge is -2.31. The van der Waals surface area contributed by atoms with E-state index in [1.54, 1.807) is 17.2 Å². The number of nitrogens with two attached hydrogens (primary N) is 1. The van der Waals surface area contributed by atoms with E-state index in [1.807, 2.05) is 11.5 Å². The minimum absolute atomic E-state index is 0.145. The van der Waals surface area contributed by atoms with E-state index >= 15 is 0 Å². The van der Waals surface area contributed by atoms with Crippen molar-refractivity contribution in [2.24, 2.45) is 5.14 Å². The average molecular weight is 334 g/mol. The fraction of sp³-hybridized carbons (Fsp3) is 0.615. The number of hydrogen-bond acceptors (Lipinski definition) is 3. The van der Waals surface area contributed by atoms with E-state index in [0.29, 0.717) is 36.6 Å². The van der Waals surface area contributed by atoms with Crippen LogP contribution in [-0.2, 0) is 16.6 Å². The molecule has 1 amide bonds. The van der Waals surface area contributed by atoms with E-state index in [2.05, 4.69) is 0 Å². The maximum atomic E-state index is 12.6. The molecule has 118 valence electrons. The predicted octanol–water partition coefficient (Wildman–Crippen LogP) is 1.44. The highest BCUT2D eigenvalue weighted by molar-refractivity contribution is 7.89. The third-order valence-electron chi connectivity index (χ3n) is 3.68. The second kappa shape index (κ2) is 6.37. The molecule has 0 bridgehead atoms. The number of primary sulfonamides is 1. The maximum absolute atomic E-state index is 12.6. The van der Waals surface area contributed by atoms with Crippen molar-refractivity contribution in [3.05, 3.63) is 23.0 Å². The molecule has 2 heterocycles. The predicted molar refractivity (Wildman–Crippen MR) is 81.8 cm³/mol. The number of halogens is 1. The van der Waals surface area contributed by atoms with Crippen molar-refractivity contribution in [3.8, 4) is 0 Å². The van der Waals surface area contributed by atoms with Crippen LogP contribution < -0.4 is 5.14 Å². The number of rotatable bonds is 4. The normalized spacial score (nSPS) is 19.8. The van der Waals surface area contributed by atoms with Gasteiger partial charge in [0, 0.05) is 25.8 Å². The molecule has 21 heavy (non-hydrogen) atoms. The molecule has 2 rings (SSSR count). The molecule has 1 aromatic heterocycles.